The van der Waals surface area contributed by atoms with Gasteiger partial charge in [-0.2, -0.15) is 13.2 Å². The number of piperidine rings is 1. The number of carbonyl (C=O) groups excluding carboxylic acids is 2. The summed E-state index contributed by atoms with van der Waals surface area (Å²) >= 11 is 0.604. The van der Waals surface area contributed by atoms with Crippen LogP contribution in [0, 0.1) is 0 Å². The molecule has 0 radical (unpaired) electrons. The summed E-state index contributed by atoms with van der Waals surface area (Å²) in [6.07, 6.45) is -1.16. The number of aromatic nitrogens is 2. The first-order chi connectivity index (χ1) is 19.1. The quantitative estimate of drug-likeness (QED) is 0.349. The Morgan fingerprint density at radius 1 is 1.17 bits per heavy atom. The number of amides is 2. The van der Waals surface area contributed by atoms with Gasteiger partial charge in [0, 0.05) is 37.3 Å². The highest BCUT2D eigenvalue weighted by molar-refractivity contribution is 7.17. The van der Waals surface area contributed by atoms with Gasteiger partial charge in [0.25, 0.3) is 17.7 Å². The molecule has 3 heterocycles. The minimum Gasteiger partial charge on any atom is -0.389 e. The molecule has 1 saturated carbocycles. The molecule has 2 aromatic rings. The minimum atomic E-state index is -4.93. The maximum absolute atomic E-state index is 14.4. The average Bonchev–Trinajstić information content (AvgIpc) is 3.33. The van der Waals surface area contributed by atoms with Crippen molar-refractivity contribution < 1.29 is 36.6 Å². The Kier molecular flexibility index (Phi) is 8.93. The summed E-state index contributed by atoms with van der Waals surface area (Å²) in [6, 6.07) is -0.879. The van der Waals surface area contributed by atoms with Gasteiger partial charge >= 0.3 is 6.18 Å². The maximum atomic E-state index is 14.4. The van der Waals surface area contributed by atoms with E-state index in [-0.39, 0.29) is 46.8 Å². The van der Waals surface area contributed by atoms with Crippen molar-refractivity contribution in [2.45, 2.75) is 95.5 Å². The Balaban J connectivity index is 1.77. The Morgan fingerprint density at radius 2 is 1.88 bits per heavy atom. The highest BCUT2D eigenvalue weighted by Gasteiger charge is 2.43. The number of alkyl halides is 5. The van der Waals surface area contributed by atoms with E-state index >= 15 is 0 Å². The predicted octanol–water partition coefficient (Wildman–Crippen LogP) is 5.73. The number of carbonyl (C=O) groups is 2. The largest absolute Gasteiger partial charge is 0.417 e. The van der Waals surface area contributed by atoms with Gasteiger partial charge in [-0.05, 0) is 58.9 Å². The SMILES string of the molecule is CC1CCCCN1C(=O)c1nc(C(=O)NCC(C)(C)O)sc1-c1cnc(N[C@@H]2CCCCC2(F)F)cc1C(F)(F)F. The van der Waals surface area contributed by atoms with Crippen molar-refractivity contribution in [1.82, 2.24) is 20.2 Å². The zero-order chi connectivity index (χ0) is 30.2. The molecule has 1 unspecified atom stereocenters. The van der Waals surface area contributed by atoms with Crippen molar-refractivity contribution in [2.24, 2.45) is 0 Å². The number of pyridine rings is 1. The zero-order valence-electron chi connectivity index (χ0n) is 23.1. The number of hydrogen-bond acceptors (Lipinski definition) is 7. The van der Waals surface area contributed by atoms with E-state index in [1.807, 2.05) is 6.92 Å². The van der Waals surface area contributed by atoms with E-state index in [0.717, 1.165) is 19.0 Å². The third kappa shape index (κ3) is 7.32. The normalized spacial score (nSPS) is 21.4. The Bertz CT molecular complexity index is 1280. The van der Waals surface area contributed by atoms with Gasteiger partial charge in [0.2, 0.25) is 0 Å². The van der Waals surface area contributed by atoms with Gasteiger partial charge in [-0.15, -0.1) is 11.3 Å². The fraction of sp³-hybridized carbons (Fsp3) is 0.630. The average molecular weight is 604 g/mol. The van der Waals surface area contributed by atoms with Crippen LogP contribution in [0.5, 0.6) is 0 Å². The van der Waals surface area contributed by atoms with Crippen LogP contribution >= 0.6 is 11.3 Å². The number of anilines is 1. The van der Waals surface area contributed by atoms with Crippen LogP contribution in [0.15, 0.2) is 12.3 Å². The lowest BCUT2D eigenvalue weighted by Gasteiger charge is -2.33. The monoisotopic (exact) mass is 603 g/mol. The molecule has 2 aromatic heterocycles. The second kappa shape index (κ2) is 11.8. The highest BCUT2D eigenvalue weighted by atomic mass is 32.1. The number of likely N-dealkylation sites (tertiary alicyclic amines) is 1. The van der Waals surface area contributed by atoms with Crippen molar-refractivity contribution in [2.75, 3.05) is 18.4 Å². The number of halogens is 5. The van der Waals surface area contributed by atoms with Crippen molar-refractivity contribution in [3.05, 3.63) is 28.5 Å². The van der Waals surface area contributed by atoms with Gasteiger partial charge < -0.3 is 20.6 Å². The Hall–Kier alpha value is -2.87. The van der Waals surface area contributed by atoms with Crippen LogP contribution in [0.25, 0.3) is 10.4 Å². The number of thiazole rings is 1. The Morgan fingerprint density at radius 3 is 2.51 bits per heavy atom. The number of nitrogens with zero attached hydrogens (tertiary/aromatic N) is 3. The molecule has 8 nitrogen and oxygen atoms in total. The molecule has 1 saturated heterocycles. The van der Waals surface area contributed by atoms with Gasteiger partial charge in [0.05, 0.1) is 22.1 Å². The van der Waals surface area contributed by atoms with Crippen LogP contribution < -0.4 is 10.6 Å². The van der Waals surface area contributed by atoms with Crippen molar-refractivity contribution in [3.8, 4) is 10.4 Å². The third-order valence-electron chi connectivity index (χ3n) is 7.31. The summed E-state index contributed by atoms with van der Waals surface area (Å²) in [7, 11) is 0. The molecule has 4 rings (SSSR count). The van der Waals surface area contributed by atoms with Crippen molar-refractivity contribution >= 4 is 29.0 Å². The topological polar surface area (TPSA) is 107 Å². The Labute approximate surface area is 238 Å². The summed E-state index contributed by atoms with van der Waals surface area (Å²) in [5.41, 5.74) is -3.25. The lowest BCUT2D eigenvalue weighted by molar-refractivity contribution is -0.137. The first-order valence-corrected chi connectivity index (χ1v) is 14.4. The molecule has 41 heavy (non-hydrogen) atoms. The fourth-order valence-electron chi connectivity index (χ4n) is 5.05. The van der Waals surface area contributed by atoms with Gasteiger partial charge in [-0.25, -0.2) is 18.7 Å². The van der Waals surface area contributed by atoms with Crippen molar-refractivity contribution in [3.63, 3.8) is 0 Å². The standard InChI is InChI=1S/C27H34F5N5O3S/c1-15-8-5-7-11-37(15)24(39)20-21(41-23(36-20)22(38)34-14-25(2,3)40)16-13-33-19(12-17(16)27(30,31)32)35-18-9-4-6-10-26(18,28)29/h12-13,15,18,40H,4-11,14H2,1-3H3,(H,33,35)(H,34,38)/t15?,18-/m1/s1. The summed E-state index contributed by atoms with van der Waals surface area (Å²) in [6.45, 7) is 5.00. The number of nitrogens with one attached hydrogen (secondary N) is 2. The summed E-state index contributed by atoms with van der Waals surface area (Å²) in [4.78, 5) is 36.0. The van der Waals surface area contributed by atoms with Crippen LogP contribution in [-0.2, 0) is 6.18 Å². The molecular formula is C27H34F5N5O3S. The van der Waals surface area contributed by atoms with E-state index in [4.69, 9.17) is 0 Å². The van der Waals surface area contributed by atoms with Crippen LogP contribution in [-0.4, -0.2) is 68.5 Å². The van der Waals surface area contributed by atoms with Gasteiger partial charge in [0.1, 0.15) is 11.5 Å². The lowest BCUT2D eigenvalue weighted by atomic mass is 9.91. The maximum Gasteiger partial charge on any atom is 0.417 e. The molecule has 2 aliphatic rings. The molecule has 2 amide bonds. The molecule has 0 aromatic carbocycles. The molecule has 2 atom stereocenters. The summed E-state index contributed by atoms with van der Waals surface area (Å²) < 4.78 is 71.9. The molecule has 2 fully saturated rings. The molecule has 3 N–H and O–H groups in total. The van der Waals surface area contributed by atoms with Crippen LogP contribution in [0.3, 0.4) is 0 Å². The van der Waals surface area contributed by atoms with Gasteiger partial charge in [0.15, 0.2) is 5.01 Å². The van der Waals surface area contributed by atoms with E-state index in [0.29, 0.717) is 43.2 Å². The zero-order valence-corrected chi connectivity index (χ0v) is 23.9. The molecule has 14 heteroatoms. The molecular weight excluding hydrogens is 569 g/mol. The molecule has 1 aliphatic heterocycles. The van der Waals surface area contributed by atoms with Crippen LogP contribution in [0.2, 0.25) is 0 Å². The van der Waals surface area contributed by atoms with Gasteiger partial charge in [-0.1, -0.05) is 6.42 Å². The third-order valence-corrected chi connectivity index (χ3v) is 8.40. The van der Waals surface area contributed by atoms with E-state index in [1.165, 1.54) is 18.7 Å². The fourth-order valence-corrected chi connectivity index (χ4v) is 6.05. The van der Waals surface area contributed by atoms with E-state index < -0.39 is 46.7 Å². The van der Waals surface area contributed by atoms with Gasteiger partial charge in [-0.3, -0.25) is 9.59 Å². The number of aliphatic hydroxyl groups is 1. The van der Waals surface area contributed by atoms with E-state index in [2.05, 4.69) is 20.6 Å². The van der Waals surface area contributed by atoms with Crippen LogP contribution in [0.4, 0.5) is 27.8 Å². The molecule has 0 bridgehead atoms. The predicted molar refractivity (Wildman–Crippen MR) is 144 cm³/mol. The summed E-state index contributed by atoms with van der Waals surface area (Å²) in [5, 5.41) is 14.7. The second-order valence-electron chi connectivity index (χ2n) is 11.4. The summed E-state index contributed by atoms with van der Waals surface area (Å²) in [5.74, 6) is -4.83. The minimum absolute atomic E-state index is 0.0857. The first kappa shape index (κ1) is 31.1. The molecule has 0 spiro atoms. The lowest BCUT2D eigenvalue weighted by Crippen LogP contribution is -2.42. The first-order valence-electron chi connectivity index (χ1n) is 13.6. The molecule has 226 valence electrons. The van der Waals surface area contributed by atoms with Crippen molar-refractivity contribution in [1.29, 1.82) is 0 Å². The van der Waals surface area contributed by atoms with Crippen LogP contribution in [0.1, 0.15) is 91.6 Å². The van der Waals surface area contributed by atoms with E-state index in [1.54, 1.807) is 0 Å². The smallest absolute Gasteiger partial charge is 0.389 e. The number of rotatable bonds is 7. The molecule has 1 aliphatic carbocycles. The highest BCUT2D eigenvalue weighted by Crippen LogP contribution is 2.43. The second-order valence-corrected chi connectivity index (χ2v) is 12.4. The van der Waals surface area contributed by atoms with E-state index in [9.17, 15) is 36.6 Å². The number of hydrogen-bond donors (Lipinski definition) is 3.